The molecule has 3 rings (SSSR count). The van der Waals surface area contributed by atoms with Crippen LogP contribution in [0.15, 0.2) is 34.7 Å². The maximum absolute atomic E-state index is 11.8. The van der Waals surface area contributed by atoms with Gasteiger partial charge < -0.3 is 9.73 Å². The van der Waals surface area contributed by atoms with Gasteiger partial charge in [-0.3, -0.25) is 4.79 Å². The highest BCUT2D eigenvalue weighted by Gasteiger charge is 2.24. The molecule has 0 atom stereocenters. The minimum Gasteiger partial charge on any atom is -0.440 e. The number of hydrogen-bond acceptors (Lipinski definition) is 3. The third-order valence-corrected chi connectivity index (χ3v) is 3.18. The zero-order valence-corrected chi connectivity index (χ0v) is 10.8. The maximum atomic E-state index is 11.8. The van der Waals surface area contributed by atoms with Gasteiger partial charge in [-0.15, -0.1) is 0 Å². The Morgan fingerprint density at radius 3 is 2.79 bits per heavy atom. The lowest BCUT2D eigenvalue weighted by molar-refractivity contribution is -0.120. The first-order valence-corrected chi connectivity index (χ1v) is 6.53. The van der Waals surface area contributed by atoms with Crippen molar-refractivity contribution in [3.8, 4) is 11.5 Å². The average molecular weight is 256 g/mol. The second-order valence-corrected chi connectivity index (χ2v) is 4.91. The molecule has 0 radical (unpaired) electrons. The number of nitrogens with zero attached hydrogens (tertiary/aromatic N) is 1. The van der Waals surface area contributed by atoms with Crippen LogP contribution >= 0.6 is 0 Å². The summed E-state index contributed by atoms with van der Waals surface area (Å²) in [6.45, 7) is 1.87. The summed E-state index contributed by atoms with van der Waals surface area (Å²) < 4.78 is 5.70. The van der Waals surface area contributed by atoms with E-state index in [9.17, 15) is 4.79 Å². The van der Waals surface area contributed by atoms with Crippen LogP contribution in [0.25, 0.3) is 11.5 Å². The molecule has 1 aliphatic rings. The van der Waals surface area contributed by atoms with Gasteiger partial charge in [0.1, 0.15) is 5.76 Å². The van der Waals surface area contributed by atoms with Gasteiger partial charge in [-0.2, -0.15) is 0 Å². The summed E-state index contributed by atoms with van der Waals surface area (Å²) in [5.74, 6) is 1.24. The van der Waals surface area contributed by atoms with Gasteiger partial charge in [-0.1, -0.05) is 18.2 Å². The molecule has 0 unspecified atom stereocenters. The maximum Gasteiger partial charge on any atom is 0.227 e. The van der Waals surface area contributed by atoms with Crippen molar-refractivity contribution in [3.63, 3.8) is 0 Å². The highest BCUT2D eigenvalue weighted by atomic mass is 16.4. The minimum absolute atomic E-state index is 0.0151. The van der Waals surface area contributed by atoms with E-state index in [1.807, 2.05) is 37.3 Å². The first-order chi connectivity index (χ1) is 9.22. The summed E-state index contributed by atoms with van der Waals surface area (Å²) >= 11 is 0. The molecule has 4 nitrogen and oxygen atoms in total. The monoisotopic (exact) mass is 256 g/mol. The molecule has 1 aromatic carbocycles. The predicted octanol–water partition coefficient (Wildman–Crippen LogP) is 2.47. The second kappa shape index (κ2) is 4.88. The number of carbonyl (C=O) groups excluding carboxylic acids is 1. The Kier molecular flexibility index (Phi) is 3.07. The third-order valence-electron chi connectivity index (χ3n) is 3.18. The van der Waals surface area contributed by atoms with E-state index < -0.39 is 0 Å². The minimum atomic E-state index is 0.0151. The van der Waals surface area contributed by atoms with Gasteiger partial charge in [-0.25, -0.2) is 4.98 Å². The van der Waals surface area contributed by atoms with Gasteiger partial charge in [-0.05, 0) is 31.9 Å². The molecule has 1 N–H and O–H groups in total. The number of nitrogens with one attached hydrogen (secondary N) is 1. The number of rotatable bonds is 4. The highest BCUT2D eigenvalue weighted by Crippen LogP contribution is 2.22. The van der Waals surface area contributed by atoms with Gasteiger partial charge in [0, 0.05) is 11.6 Å². The molecule has 0 bridgehead atoms. The molecule has 1 aromatic heterocycles. The number of hydrogen-bond donors (Lipinski definition) is 1. The molecule has 2 aromatic rings. The van der Waals surface area contributed by atoms with Crippen molar-refractivity contribution in [2.24, 2.45) is 0 Å². The van der Waals surface area contributed by atoms with Crippen molar-refractivity contribution in [2.45, 2.75) is 32.2 Å². The molecule has 0 aliphatic heterocycles. The predicted molar refractivity (Wildman–Crippen MR) is 71.5 cm³/mol. The highest BCUT2D eigenvalue weighted by molar-refractivity contribution is 5.78. The van der Waals surface area contributed by atoms with E-state index in [-0.39, 0.29) is 12.3 Å². The summed E-state index contributed by atoms with van der Waals surface area (Å²) in [5.41, 5.74) is 1.71. The van der Waals surface area contributed by atoms with Crippen LogP contribution < -0.4 is 5.32 Å². The average Bonchev–Trinajstić information content (AvgIpc) is 3.14. The van der Waals surface area contributed by atoms with Crippen LogP contribution in [-0.4, -0.2) is 16.9 Å². The Morgan fingerprint density at radius 1 is 1.37 bits per heavy atom. The summed E-state index contributed by atoms with van der Waals surface area (Å²) in [6, 6.07) is 10.1. The Labute approximate surface area is 111 Å². The summed E-state index contributed by atoms with van der Waals surface area (Å²) in [7, 11) is 0. The topological polar surface area (TPSA) is 55.1 Å². The van der Waals surface area contributed by atoms with E-state index in [2.05, 4.69) is 10.3 Å². The molecule has 1 aliphatic carbocycles. The Balaban J connectivity index is 1.75. The van der Waals surface area contributed by atoms with E-state index in [0.717, 1.165) is 24.1 Å². The summed E-state index contributed by atoms with van der Waals surface area (Å²) in [4.78, 5) is 16.1. The SMILES string of the molecule is Cc1nc(-c2ccccc2)oc1CC(=O)NC1CC1. The van der Waals surface area contributed by atoms with Crippen LogP contribution in [-0.2, 0) is 11.2 Å². The van der Waals surface area contributed by atoms with Crippen molar-refractivity contribution in [2.75, 3.05) is 0 Å². The van der Waals surface area contributed by atoms with Gasteiger partial charge in [0.05, 0.1) is 12.1 Å². The molecule has 1 heterocycles. The van der Waals surface area contributed by atoms with Crippen molar-refractivity contribution < 1.29 is 9.21 Å². The smallest absolute Gasteiger partial charge is 0.227 e. The molecule has 1 saturated carbocycles. The zero-order chi connectivity index (χ0) is 13.2. The number of aryl methyl sites for hydroxylation is 1. The molecular formula is C15H16N2O2. The molecule has 1 fully saturated rings. The third kappa shape index (κ3) is 2.84. The quantitative estimate of drug-likeness (QED) is 0.914. The zero-order valence-electron chi connectivity index (χ0n) is 10.8. The fourth-order valence-electron chi connectivity index (χ4n) is 1.95. The molecule has 4 heteroatoms. The molecule has 19 heavy (non-hydrogen) atoms. The molecule has 0 saturated heterocycles. The van der Waals surface area contributed by atoms with E-state index in [0.29, 0.717) is 17.7 Å². The van der Waals surface area contributed by atoms with E-state index >= 15 is 0 Å². The van der Waals surface area contributed by atoms with Crippen molar-refractivity contribution in [1.29, 1.82) is 0 Å². The van der Waals surface area contributed by atoms with Gasteiger partial charge in [0.15, 0.2) is 0 Å². The molecule has 0 spiro atoms. The van der Waals surface area contributed by atoms with Crippen LogP contribution in [0.1, 0.15) is 24.3 Å². The number of aromatic nitrogens is 1. The fourth-order valence-corrected chi connectivity index (χ4v) is 1.95. The normalized spacial score (nSPS) is 14.4. The van der Waals surface area contributed by atoms with Crippen molar-refractivity contribution in [1.82, 2.24) is 10.3 Å². The number of oxazole rings is 1. The number of benzene rings is 1. The van der Waals surface area contributed by atoms with Gasteiger partial charge >= 0.3 is 0 Å². The Hall–Kier alpha value is -2.10. The lowest BCUT2D eigenvalue weighted by atomic mass is 10.2. The summed E-state index contributed by atoms with van der Waals surface area (Å²) in [6.07, 6.45) is 2.45. The van der Waals surface area contributed by atoms with E-state index in [1.54, 1.807) is 0 Å². The van der Waals surface area contributed by atoms with Crippen molar-refractivity contribution in [3.05, 3.63) is 41.8 Å². The van der Waals surface area contributed by atoms with Gasteiger partial charge in [0.25, 0.3) is 0 Å². The van der Waals surface area contributed by atoms with Crippen LogP contribution in [0.2, 0.25) is 0 Å². The van der Waals surface area contributed by atoms with Crippen LogP contribution in [0, 0.1) is 6.92 Å². The molecular weight excluding hydrogens is 240 g/mol. The van der Waals surface area contributed by atoms with Crippen LogP contribution in [0.4, 0.5) is 0 Å². The Bertz CT molecular complexity index is 585. The van der Waals surface area contributed by atoms with E-state index in [4.69, 9.17) is 4.42 Å². The van der Waals surface area contributed by atoms with Crippen LogP contribution in [0.3, 0.4) is 0 Å². The second-order valence-electron chi connectivity index (χ2n) is 4.91. The number of amides is 1. The van der Waals surface area contributed by atoms with E-state index in [1.165, 1.54) is 0 Å². The number of carbonyl (C=O) groups is 1. The Morgan fingerprint density at radius 2 is 2.11 bits per heavy atom. The summed E-state index contributed by atoms with van der Waals surface area (Å²) in [5, 5.41) is 2.95. The van der Waals surface area contributed by atoms with Gasteiger partial charge in [0.2, 0.25) is 11.8 Å². The lowest BCUT2D eigenvalue weighted by Gasteiger charge is -2.00. The van der Waals surface area contributed by atoms with Crippen LogP contribution in [0.5, 0.6) is 0 Å². The standard InChI is InChI=1S/C15H16N2O2/c1-10-13(9-14(18)17-12-7-8-12)19-15(16-10)11-5-3-2-4-6-11/h2-6,12H,7-9H2,1H3,(H,17,18). The first-order valence-electron chi connectivity index (χ1n) is 6.53. The fraction of sp³-hybridized carbons (Fsp3) is 0.333. The molecule has 98 valence electrons. The lowest BCUT2D eigenvalue weighted by Crippen LogP contribution is -2.27. The first kappa shape index (κ1) is 12.0. The molecule has 1 amide bonds. The largest absolute Gasteiger partial charge is 0.440 e. The van der Waals surface area contributed by atoms with Crippen molar-refractivity contribution >= 4 is 5.91 Å².